The Kier molecular flexibility index (Phi) is 4.76. The highest BCUT2D eigenvalue weighted by Gasteiger charge is 1.99. The van der Waals surface area contributed by atoms with E-state index < -0.39 is 0 Å². The molecule has 0 radical (unpaired) electrons. The van der Waals surface area contributed by atoms with Gasteiger partial charge in [0, 0.05) is 24.1 Å². The number of aromatic nitrogens is 2. The largest absolute Gasteiger partial charge is 0.497 e. The van der Waals surface area contributed by atoms with E-state index in [1.807, 2.05) is 65.5 Å². The van der Waals surface area contributed by atoms with Crippen molar-refractivity contribution < 1.29 is 4.74 Å². The highest BCUT2D eigenvalue weighted by Crippen LogP contribution is 2.16. The first kappa shape index (κ1) is 15.6. The summed E-state index contributed by atoms with van der Waals surface area (Å²) in [5.41, 5.74) is 8.85. The summed E-state index contributed by atoms with van der Waals surface area (Å²) in [6.07, 6.45) is 3.66. The van der Waals surface area contributed by atoms with Gasteiger partial charge in [-0.2, -0.15) is 5.10 Å². The second-order valence-corrected chi connectivity index (χ2v) is 5.18. The van der Waals surface area contributed by atoms with Crippen LogP contribution in [0.15, 0.2) is 72.0 Å². The number of nitrogens with zero attached hydrogens (tertiary/aromatic N) is 3. The maximum Gasteiger partial charge on any atom is 0.193 e. The predicted molar refractivity (Wildman–Crippen MR) is 95.5 cm³/mol. The molecule has 6 nitrogen and oxygen atoms in total. The van der Waals surface area contributed by atoms with Crippen LogP contribution < -0.4 is 15.8 Å². The number of methoxy groups -OCH3 is 1. The summed E-state index contributed by atoms with van der Waals surface area (Å²) in [6.45, 7) is 0.502. The average molecular weight is 321 g/mol. The minimum Gasteiger partial charge on any atom is -0.497 e. The molecule has 3 aromatic rings. The zero-order chi connectivity index (χ0) is 16.8. The van der Waals surface area contributed by atoms with Gasteiger partial charge in [0.25, 0.3) is 0 Å². The Bertz CT molecular complexity index is 810. The summed E-state index contributed by atoms with van der Waals surface area (Å²) < 4.78 is 6.99. The van der Waals surface area contributed by atoms with Crippen LogP contribution >= 0.6 is 0 Å². The fourth-order valence-corrected chi connectivity index (χ4v) is 2.24. The molecule has 0 spiro atoms. The molecule has 122 valence electrons. The Morgan fingerprint density at radius 3 is 2.75 bits per heavy atom. The van der Waals surface area contributed by atoms with Crippen LogP contribution in [0.5, 0.6) is 5.75 Å². The molecule has 1 heterocycles. The predicted octanol–water partition coefficient (Wildman–Crippen LogP) is 2.81. The van der Waals surface area contributed by atoms with Crippen LogP contribution in [0.4, 0.5) is 5.69 Å². The number of benzene rings is 2. The van der Waals surface area contributed by atoms with E-state index in [1.54, 1.807) is 13.3 Å². The summed E-state index contributed by atoms with van der Waals surface area (Å²) in [5.74, 6) is 1.13. The number of anilines is 1. The summed E-state index contributed by atoms with van der Waals surface area (Å²) in [4.78, 5) is 4.36. The van der Waals surface area contributed by atoms with Gasteiger partial charge < -0.3 is 15.8 Å². The number of rotatable bonds is 5. The number of hydrogen-bond donors (Lipinski definition) is 2. The lowest BCUT2D eigenvalue weighted by Gasteiger charge is -2.07. The number of ether oxygens (including phenoxy) is 1. The molecule has 0 amide bonds. The van der Waals surface area contributed by atoms with Crippen LogP contribution in [0.25, 0.3) is 5.69 Å². The molecule has 0 saturated carbocycles. The smallest absolute Gasteiger partial charge is 0.193 e. The summed E-state index contributed by atoms with van der Waals surface area (Å²) >= 11 is 0. The lowest BCUT2D eigenvalue weighted by Crippen LogP contribution is -2.22. The zero-order valence-corrected chi connectivity index (χ0v) is 13.4. The molecule has 0 unspecified atom stereocenters. The lowest BCUT2D eigenvalue weighted by molar-refractivity contribution is 0.415. The number of hydrogen-bond acceptors (Lipinski definition) is 3. The molecule has 0 fully saturated rings. The van der Waals surface area contributed by atoms with Crippen molar-refractivity contribution in [3.8, 4) is 11.4 Å². The molecule has 2 aromatic carbocycles. The lowest BCUT2D eigenvalue weighted by atomic mass is 10.2. The molecule has 0 aliphatic heterocycles. The first-order chi connectivity index (χ1) is 11.7. The Balaban J connectivity index is 1.62. The minimum absolute atomic E-state index is 0.361. The number of aliphatic imine (C=N–C) groups is 1. The quantitative estimate of drug-likeness (QED) is 0.559. The maximum absolute atomic E-state index is 5.94. The molecule has 0 aliphatic rings. The average Bonchev–Trinajstić information content (AvgIpc) is 3.15. The normalized spacial score (nSPS) is 11.3. The van der Waals surface area contributed by atoms with E-state index in [-0.39, 0.29) is 0 Å². The van der Waals surface area contributed by atoms with Crippen LogP contribution in [0.1, 0.15) is 5.56 Å². The molecule has 0 atom stereocenters. The molecule has 3 rings (SSSR count). The molecule has 24 heavy (non-hydrogen) atoms. The van der Waals surface area contributed by atoms with E-state index in [4.69, 9.17) is 10.5 Å². The van der Waals surface area contributed by atoms with Crippen molar-refractivity contribution in [2.24, 2.45) is 10.7 Å². The molecule has 3 N–H and O–H groups in total. The monoisotopic (exact) mass is 321 g/mol. The van der Waals surface area contributed by atoms with Gasteiger partial charge in [-0.05, 0) is 35.9 Å². The third kappa shape index (κ3) is 3.92. The molecule has 0 aliphatic carbocycles. The van der Waals surface area contributed by atoms with Gasteiger partial charge in [0.15, 0.2) is 5.96 Å². The van der Waals surface area contributed by atoms with Gasteiger partial charge in [0.05, 0.1) is 19.3 Å². The Morgan fingerprint density at radius 1 is 1.21 bits per heavy atom. The van der Waals surface area contributed by atoms with Gasteiger partial charge in [-0.15, -0.1) is 0 Å². The van der Waals surface area contributed by atoms with Crippen LogP contribution in [0, 0.1) is 0 Å². The molecule has 0 saturated heterocycles. The first-order valence-electron chi connectivity index (χ1n) is 7.54. The van der Waals surface area contributed by atoms with Crippen molar-refractivity contribution in [3.05, 3.63) is 72.6 Å². The van der Waals surface area contributed by atoms with Crippen LogP contribution in [-0.4, -0.2) is 22.8 Å². The van der Waals surface area contributed by atoms with Crippen molar-refractivity contribution in [1.82, 2.24) is 9.78 Å². The van der Waals surface area contributed by atoms with Gasteiger partial charge in [-0.3, -0.25) is 0 Å². The zero-order valence-electron chi connectivity index (χ0n) is 13.4. The number of nitrogens with two attached hydrogens (primary N) is 1. The second kappa shape index (κ2) is 7.32. The van der Waals surface area contributed by atoms with E-state index in [0.29, 0.717) is 12.5 Å². The van der Waals surface area contributed by atoms with Crippen molar-refractivity contribution in [2.75, 3.05) is 12.4 Å². The van der Waals surface area contributed by atoms with Crippen molar-refractivity contribution >= 4 is 11.6 Å². The first-order valence-corrected chi connectivity index (χ1v) is 7.54. The fourth-order valence-electron chi connectivity index (χ4n) is 2.24. The van der Waals surface area contributed by atoms with Crippen LogP contribution in [0.2, 0.25) is 0 Å². The van der Waals surface area contributed by atoms with E-state index in [2.05, 4.69) is 15.4 Å². The van der Waals surface area contributed by atoms with E-state index in [0.717, 1.165) is 22.7 Å². The fraction of sp³-hybridized carbons (Fsp3) is 0.111. The Labute approximate surface area is 140 Å². The molecular weight excluding hydrogens is 302 g/mol. The van der Waals surface area contributed by atoms with E-state index in [9.17, 15) is 0 Å². The van der Waals surface area contributed by atoms with Crippen molar-refractivity contribution in [1.29, 1.82) is 0 Å². The Hall–Kier alpha value is -3.28. The third-order valence-electron chi connectivity index (χ3n) is 3.48. The van der Waals surface area contributed by atoms with Gasteiger partial charge in [0.2, 0.25) is 0 Å². The molecular formula is C18H19N5O. The summed E-state index contributed by atoms with van der Waals surface area (Å²) in [7, 11) is 1.63. The molecule has 0 bridgehead atoms. The van der Waals surface area contributed by atoms with Gasteiger partial charge in [-0.25, -0.2) is 9.67 Å². The van der Waals surface area contributed by atoms with Crippen LogP contribution in [-0.2, 0) is 6.54 Å². The molecule has 1 aromatic heterocycles. The highest BCUT2D eigenvalue weighted by atomic mass is 16.5. The van der Waals surface area contributed by atoms with Crippen molar-refractivity contribution in [2.45, 2.75) is 6.54 Å². The van der Waals surface area contributed by atoms with Gasteiger partial charge in [-0.1, -0.05) is 18.2 Å². The maximum atomic E-state index is 5.94. The highest BCUT2D eigenvalue weighted by molar-refractivity contribution is 5.92. The van der Waals surface area contributed by atoms with E-state index >= 15 is 0 Å². The standard InChI is InChI=1S/C18H19N5O/c1-24-17-5-2-4-15(12-17)22-18(19)20-13-14-6-8-16(9-7-14)23-11-3-10-21-23/h2-12H,13H2,1H3,(H3,19,20,22). The summed E-state index contributed by atoms with van der Waals surface area (Å²) in [6, 6.07) is 17.5. The second-order valence-electron chi connectivity index (χ2n) is 5.18. The topological polar surface area (TPSA) is 77.5 Å². The van der Waals surface area contributed by atoms with Gasteiger partial charge in [0.1, 0.15) is 5.75 Å². The van der Waals surface area contributed by atoms with E-state index in [1.165, 1.54) is 0 Å². The van der Waals surface area contributed by atoms with Crippen molar-refractivity contribution in [3.63, 3.8) is 0 Å². The minimum atomic E-state index is 0.361. The Morgan fingerprint density at radius 2 is 2.04 bits per heavy atom. The SMILES string of the molecule is COc1cccc(NC(N)=NCc2ccc(-n3cccn3)cc2)c1. The summed E-state index contributed by atoms with van der Waals surface area (Å²) in [5, 5.41) is 7.25. The third-order valence-corrected chi connectivity index (χ3v) is 3.48. The van der Waals surface area contributed by atoms with Gasteiger partial charge >= 0.3 is 0 Å². The van der Waals surface area contributed by atoms with Crippen LogP contribution in [0.3, 0.4) is 0 Å². The number of nitrogens with one attached hydrogen (secondary N) is 1. The number of guanidine groups is 1. The molecule has 6 heteroatoms.